The van der Waals surface area contributed by atoms with Crippen LogP contribution >= 0.6 is 0 Å². The van der Waals surface area contributed by atoms with Crippen LogP contribution in [0.3, 0.4) is 0 Å². The molecule has 0 bridgehead atoms. The van der Waals surface area contributed by atoms with Crippen molar-refractivity contribution in [1.29, 1.82) is 0 Å². The van der Waals surface area contributed by atoms with E-state index < -0.39 is 0 Å². The first-order valence-electron chi connectivity index (χ1n) is 4.99. The summed E-state index contributed by atoms with van der Waals surface area (Å²) in [5.74, 6) is 0. The van der Waals surface area contributed by atoms with E-state index in [-0.39, 0.29) is 31.0 Å². The average Bonchev–Trinajstić information content (AvgIpc) is 2.31. The van der Waals surface area contributed by atoms with E-state index in [1.165, 1.54) is 0 Å². The van der Waals surface area contributed by atoms with Crippen LogP contribution in [-0.2, 0) is 11.2 Å². The molecule has 0 spiro atoms. The van der Waals surface area contributed by atoms with Gasteiger partial charge in [-0.3, -0.25) is 0 Å². The molecule has 0 saturated heterocycles. The van der Waals surface area contributed by atoms with E-state index in [0.29, 0.717) is 6.42 Å². The average molecular weight is 220 g/mol. The third-order valence-corrected chi connectivity index (χ3v) is 2.41. The molecule has 2 heteroatoms. The van der Waals surface area contributed by atoms with Gasteiger partial charge < -0.3 is 6.22 Å². The van der Waals surface area contributed by atoms with Crippen molar-refractivity contribution in [1.82, 2.24) is 0 Å². The van der Waals surface area contributed by atoms with Crippen molar-refractivity contribution >= 4 is 6.29 Å². The van der Waals surface area contributed by atoms with E-state index in [4.69, 9.17) is 0 Å². The maximum atomic E-state index is 10.6. The van der Waals surface area contributed by atoms with Crippen LogP contribution in [0, 0.1) is 0 Å². The van der Waals surface area contributed by atoms with Crippen LogP contribution in [0.2, 0.25) is 0 Å². The van der Waals surface area contributed by atoms with Gasteiger partial charge in [-0.1, -0.05) is 54.6 Å². The van der Waals surface area contributed by atoms with Crippen LogP contribution in [0.15, 0.2) is 54.6 Å². The fraction of sp³-hybridized carbons (Fsp3) is 0.0714. The Morgan fingerprint density at radius 1 is 0.938 bits per heavy atom. The number of carbonyl (C=O) groups excluding carboxylic acids is 1. The second-order valence-electron chi connectivity index (χ2n) is 3.39. The molecule has 0 atom stereocenters. The molecule has 0 N–H and O–H groups in total. The van der Waals surface area contributed by atoms with Crippen LogP contribution in [0.1, 0.15) is 6.99 Å². The Balaban J connectivity index is 0.00000128. The molecule has 0 fully saturated rings. The molecule has 2 aromatic rings. The van der Waals surface area contributed by atoms with Crippen LogP contribution < -0.4 is 29.6 Å². The summed E-state index contributed by atoms with van der Waals surface area (Å²) in [5.41, 5.74) is 3.39. The van der Waals surface area contributed by atoms with Gasteiger partial charge in [-0.05, 0) is 16.7 Å². The molecular formula is C14H13NaO. The molecule has 0 amide bonds. The zero-order valence-corrected chi connectivity index (χ0v) is 11.4. The van der Waals surface area contributed by atoms with Gasteiger partial charge in [0.25, 0.3) is 0 Å². The van der Waals surface area contributed by atoms with Crippen molar-refractivity contribution in [3.8, 4) is 11.1 Å². The van der Waals surface area contributed by atoms with E-state index in [0.717, 1.165) is 23.0 Å². The topological polar surface area (TPSA) is 17.1 Å². The normalized spacial score (nSPS) is 9.25. The fourth-order valence-electron chi connectivity index (χ4n) is 1.69. The van der Waals surface area contributed by atoms with Crippen molar-refractivity contribution in [2.24, 2.45) is 0 Å². The van der Waals surface area contributed by atoms with Crippen molar-refractivity contribution in [2.45, 2.75) is 6.42 Å². The summed E-state index contributed by atoms with van der Waals surface area (Å²) in [4.78, 5) is 10.6. The number of carbonyl (C=O) groups is 1. The Morgan fingerprint density at radius 2 is 1.56 bits per heavy atom. The second kappa shape index (κ2) is 6.64. The largest absolute Gasteiger partial charge is 1.00 e. The minimum absolute atomic E-state index is 0. The summed E-state index contributed by atoms with van der Waals surface area (Å²) >= 11 is 0. The summed E-state index contributed by atoms with van der Waals surface area (Å²) in [6.07, 6.45) is 1.42. The molecule has 76 valence electrons. The number of benzene rings is 2. The Kier molecular flexibility index (Phi) is 5.47. The Hall–Kier alpha value is -0.890. The van der Waals surface area contributed by atoms with Crippen molar-refractivity contribution in [2.75, 3.05) is 0 Å². The zero-order chi connectivity index (χ0) is 10.5. The first-order chi connectivity index (χ1) is 7.42. The third kappa shape index (κ3) is 3.05. The molecule has 0 aliphatic heterocycles. The molecular weight excluding hydrogens is 207 g/mol. The van der Waals surface area contributed by atoms with Gasteiger partial charge in [0.1, 0.15) is 6.29 Å². The first kappa shape index (κ1) is 13.2. The zero-order valence-electron chi connectivity index (χ0n) is 10.4. The first-order valence-corrected chi connectivity index (χ1v) is 4.99. The van der Waals surface area contributed by atoms with E-state index in [1.54, 1.807) is 0 Å². The molecule has 0 unspecified atom stereocenters. The number of hydrogen-bond donors (Lipinski definition) is 0. The predicted molar refractivity (Wildman–Crippen MR) is 62.8 cm³/mol. The molecule has 0 radical (unpaired) electrons. The SMILES string of the molecule is O=CCc1ccccc1-c1ccccc1.[H-].[Na+]. The predicted octanol–water partition coefficient (Wildman–Crippen LogP) is 0.211. The van der Waals surface area contributed by atoms with Crippen molar-refractivity contribution < 1.29 is 35.8 Å². The Bertz CT molecular complexity index is 457. The summed E-state index contributed by atoms with van der Waals surface area (Å²) in [5, 5.41) is 0. The third-order valence-electron chi connectivity index (χ3n) is 2.41. The van der Waals surface area contributed by atoms with E-state index >= 15 is 0 Å². The maximum Gasteiger partial charge on any atom is 1.00 e. The van der Waals surface area contributed by atoms with Crippen molar-refractivity contribution in [3.63, 3.8) is 0 Å². The quantitative estimate of drug-likeness (QED) is 0.534. The summed E-state index contributed by atoms with van der Waals surface area (Å²) in [6.45, 7) is 0. The number of hydrogen-bond acceptors (Lipinski definition) is 1. The van der Waals surface area contributed by atoms with Crippen molar-refractivity contribution in [3.05, 3.63) is 60.2 Å². The van der Waals surface area contributed by atoms with Crippen LogP contribution in [0.5, 0.6) is 0 Å². The fourth-order valence-corrected chi connectivity index (χ4v) is 1.69. The maximum absolute atomic E-state index is 10.6. The summed E-state index contributed by atoms with van der Waals surface area (Å²) in [7, 11) is 0. The number of aldehydes is 1. The van der Waals surface area contributed by atoms with Crippen LogP contribution in [0.25, 0.3) is 11.1 Å². The minimum atomic E-state index is 0. The molecule has 0 saturated carbocycles. The van der Waals surface area contributed by atoms with E-state index in [9.17, 15) is 4.79 Å². The smallest absolute Gasteiger partial charge is 1.00 e. The van der Waals surface area contributed by atoms with Crippen LogP contribution in [-0.4, -0.2) is 6.29 Å². The molecule has 2 aromatic carbocycles. The Morgan fingerprint density at radius 3 is 2.25 bits per heavy atom. The summed E-state index contributed by atoms with van der Waals surface area (Å²) < 4.78 is 0. The standard InChI is InChI=1S/C14H12O.Na.H/c15-11-10-13-8-4-5-9-14(13)12-6-2-1-3-7-12;;/h1-9,11H,10H2;;/q;+1;-1. The molecule has 16 heavy (non-hydrogen) atoms. The van der Waals surface area contributed by atoms with Gasteiger partial charge >= 0.3 is 29.6 Å². The van der Waals surface area contributed by atoms with Gasteiger partial charge in [-0.15, -0.1) is 0 Å². The van der Waals surface area contributed by atoms with Gasteiger partial charge in [0.15, 0.2) is 0 Å². The van der Waals surface area contributed by atoms with Crippen LogP contribution in [0.4, 0.5) is 0 Å². The van der Waals surface area contributed by atoms with E-state index in [2.05, 4.69) is 12.1 Å². The van der Waals surface area contributed by atoms with E-state index in [1.807, 2.05) is 42.5 Å². The van der Waals surface area contributed by atoms with Gasteiger partial charge in [0.2, 0.25) is 0 Å². The molecule has 2 rings (SSSR count). The molecule has 0 aliphatic carbocycles. The van der Waals surface area contributed by atoms with Gasteiger partial charge in [-0.25, -0.2) is 0 Å². The number of rotatable bonds is 3. The summed E-state index contributed by atoms with van der Waals surface area (Å²) in [6, 6.07) is 18.1. The Labute approximate surface area is 119 Å². The monoisotopic (exact) mass is 220 g/mol. The molecule has 1 nitrogen and oxygen atoms in total. The molecule has 0 aromatic heterocycles. The molecule has 0 heterocycles. The molecule has 0 aliphatic rings. The second-order valence-corrected chi connectivity index (χ2v) is 3.39. The van der Waals surface area contributed by atoms with Gasteiger partial charge in [0.05, 0.1) is 0 Å². The van der Waals surface area contributed by atoms with Gasteiger partial charge in [0, 0.05) is 6.42 Å². The van der Waals surface area contributed by atoms with Gasteiger partial charge in [-0.2, -0.15) is 0 Å². The minimum Gasteiger partial charge on any atom is -1.00 e.